The fraction of sp³-hybridized carbons (Fsp3) is 0.588. The van der Waals surface area contributed by atoms with Gasteiger partial charge in [0.2, 0.25) is 0 Å². The molecule has 130 valence electrons. The molecule has 0 amide bonds. The highest BCUT2D eigenvalue weighted by atomic mass is 19.4. The summed E-state index contributed by atoms with van der Waals surface area (Å²) in [6.45, 7) is 4.02. The molecule has 0 saturated carbocycles. The largest absolute Gasteiger partial charge is 0.463 e. The van der Waals surface area contributed by atoms with Gasteiger partial charge >= 0.3 is 12.1 Å². The van der Waals surface area contributed by atoms with E-state index in [9.17, 15) is 18.0 Å². The summed E-state index contributed by atoms with van der Waals surface area (Å²) in [7, 11) is 0.862. The van der Waals surface area contributed by atoms with E-state index in [1.807, 2.05) is 13.8 Å². The van der Waals surface area contributed by atoms with Crippen molar-refractivity contribution in [3.63, 3.8) is 0 Å². The molecule has 23 heavy (non-hydrogen) atoms. The fourth-order valence-electron chi connectivity index (χ4n) is 2.29. The van der Waals surface area contributed by atoms with Gasteiger partial charge in [-0.15, -0.1) is 0 Å². The topological polar surface area (TPSA) is 35.5 Å². The van der Waals surface area contributed by atoms with E-state index < -0.39 is 17.7 Å². The standard InChI is InChI=1S/C17H23F3O3/c1-4-13(2)9-8-12-23-15(21)16(22-3,17(18,19)20)14-10-6-5-7-11-14/h5-7,10-11,13H,4,8-9,12H2,1-3H3/t13-,16+/m1/s1. The number of esters is 1. The number of methoxy groups -OCH3 is 1. The zero-order valence-corrected chi connectivity index (χ0v) is 13.7. The van der Waals surface area contributed by atoms with Crippen LogP contribution in [0.25, 0.3) is 0 Å². The molecule has 0 heterocycles. The Morgan fingerprint density at radius 2 is 1.83 bits per heavy atom. The van der Waals surface area contributed by atoms with E-state index in [4.69, 9.17) is 4.74 Å². The summed E-state index contributed by atoms with van der Waals surface area (Å²) in [6.07, 6.45) is -2.63. The van der Waals surface area contributed by atoms with Crippen LogP contribution in [-0.2, 0) is 19.9 Å². The Morgan fingerprint density at radius 3 is 2.30 bits per heavy atom. The van der Waals surface area contributed by atoms with Crippen LogP contribution in [0.4, 0.5) is 13.2 Å². The zero-order chi connectivity index (χ0) is 17.5. The molecule has 1 aromatic carbocycles. The molecule has 0 aliphatic rings. The average Bonchev–Trinajstić information content (AvgIpc) is 2.52. The second-order valence-corrected chi connectivity index (χ2v) is 5.54. The van der Waals surface area contributed by atoms with Crippen molar-refractivity contribution in [2.75, 3.05) is 13.7 Å². The van der Waals surface area contributed by atoms with Gasteiger partial charge in [0.15, 0.2) is 0 Å². The van der Waals surface area contributed by atoms with Gasteiger partial charge in [-0.3, -0.25) is 0 Å². The monoisotopic (exact) mass is 332 g/mol. The van der Waals surface area contributed by atoms with Gasteiger partial charge in [-0.05, 0) is 18.8 Å². The van der Waals surface area contributed by atoms with Crippen molar-refractivity contribution < 1.29 is 27.4 Å². The fourth-order valence-corrected chi connectivity index (χ4v) is 2.29. The highest BCUT2D eigenvalue weighted by molar-refractivity contribution is 5.82. The Balaban J connectivity index is 2.91. The van der Waals surface area contributed by atoms with Crippen LogP contribution in [0.2, 0.25) is 0 Å². The smallest absolute Gasteiger partial charge is 0.432 e. The molecule has 0 spiro atoms. The lowest BCUT2D eigenvalue weighted by Crippen LogP contribution is -2.51. The number of alkyl halides is 3. The van der Waals surface area contributed by atoms with E-state index in [-0.39, 0.29) is 12.2 Å². The Hall–Kier alpha value is -1.56. The first-order chi connectivity index (χ1) is 10.8. The van der Waals surface area contributed by atoms with Crippen molar-refractivity contribution in [1.82, 2.24) is 0 Å². The third-order valence-corrected chi connectivity index (χ3v) is 3.94. The van der Waals surface area contributed by atoms with Crippen molar-refractivity contribution in [3.05, 3.63) is 35.9 Å². The summed E-state index contributed by atoms with van der Waals surface area (Å²) in [5.41, 5.74) is -3.38. The summed E-state index contributed by atoms with van der Waals surface area (Å²) in [5, 5.41) is 0. The average molecular weight is 332 g/mol. The second-order valence-electron chi connectivity index (χ2n) is 5.54. The molecule has 0 aliphatic carbocycles. The lowest BCUT2D eigenvalue weighted by molar-refractivity contribution is -0.276. The predicted molar refractivity (Wildman–Crippen MR) is 80.8 cm³/mol. The number of rotatable bonds is 8. The normalized spacial score (nSPS) is 15.7. The van der Waals surface area contributed by atoms with Crippen LogP contribution >= 0.6 is 0 Å². The number of ether oxygens (including phenoxy) is 2. The first kappa shape index (κ1) is 19.5. The summed E-state index contributed by atoms with van der Waals surface area (Å²) >= 11 is 0. The van der Waals surface area contributed by atoms with E-state index in [0.29, 0.717) is 12.3 Å². The summed E-state index contributed by atoms with van der Waals surface area (Å²) in [6, 6.07) is 6.82. The predicted octanol–water partition coefficient (Wildman–Crippen LogP) is 4.46. The summed E-state index contributed by atoms with van der Waals surface area (Å²) in [5.74, 6) is -0.986. The number of hydrogen-bond donors (Lipinski definition) is 0. The molecule has 0 fully saturated rings. The van der Waals surface area contributed by atoms with Crippen molar-refractivity contribution in [2.24, 2.45) is 5.92 Å². The van der Waals surface area contributed by atoms with Gasteiger partial charge in [0.05, 0.1) is 6.61 Å². The zero-order valence-electron chi connectivity index (χ0n) is 13.7. The number of carbonyl (C=O) groups is 1. The van der Waals surface area contributed by atoms with Crippen LogP contribution in [0.15, 0.2) is 30.3 Å². The maximum absolute atomic E-state index is 13.6. The van der Waals surface area contributed by atoms with Crippen LogP contribution in [0, 0.1) is 5.92 Å². The van der Waals surface area contributed by atoms with Crippen LogP contribution < -0.4 is 0 Å². The lowest BCUT2D eigenvalue weighted by atomic mass is 9.92. The van der Waals surface area contributed by atoms with Crippen molar-refractivity contribution >= 4 is 5.97 Å². The van der Waals surface area contributed by atoms with Gasteiger partial charge in [0.25, 0.3) is 5.60 Å². The minimum atomic E-state index is -4.92. The maximum atomic E-state index is 13.6. The summed E-state index contributed by atoms with van der Waals surface area (Å²) in [4.78, 5) is 12.2. The quantitative estimate of drug-likeness (QED) is 0.521. The van der Waals surface area contributed by atoms with Crippen LogP contribution in [-0.4, -0.2) is 25.9 Å². The van der Waals surface area contributed by atoms with Gasteiger partial charge in [-0.25, -0.2) is 4.79 Å². The molecular weight excluding hydrogens is 309 g/mol. The number of carbonyl (C=O) groups excluding carboxylic acids is 1. The molecule has 6 heteroatoms. The highest BCUT2D eigenvalue weighted by Crippen LogP contribution is 2.42. The Labute approximate surface area is 134 Å². The Morgan fingerprint density at radius 1 is 1.22 bits per heavy atom. The minimum absolute atomic E-state index is 0.0583. The number of benzene rings is 1. The lowest BCUT2D eigenvalue weighted by Gasteiger charge is -2.32. The molecule has 2 atom stereocenters. The van der Waals surface area contributed by atoms with E-state index in [0.717, 1.165) is 20.0 Å². The molecule has 1 aromatic rings. The van der Waals surface area contributed by atoms with E-state index in [2.05, 4.69) is 4.74 Å². The molecule has 0 N–H and O–H groups in total. The van der Waals surface area contributed by atoms with Crippen molar-refractivity contribution in [3.8, 4) is 0 Å². The molecule has 0 bridgehead atoms. The van der Waals surface area contributed by atoms with E-state index >= 15 is 0 Å². The second kappa shape index (κ2) is 8.34. The van der Waals surface area contributed by atoms with Crippen molar-refractivity contribution in [2.45, 2.75) is 44.9 Å². The third-order valence-electron chi connectivity index (χ3n) is 3.94. The SMILES string of the molecule is CC[C@@H](C)CCCOC(=O)[C@@](OC)(c1ccccc1)C(F)(F)F. The van der Waals surface area contributed by atoms with Gasteiger partial charge in [-0.2, -0.15) is 13.2 Å². The summed E-state index contributed by atoms with van der Waals surface area (Å²) < 4.78 is 50.3. The number of halogens is 3. The van der Waals surface area contributed by atoms with Gasteiger partial charge in [0.1, 0.15) is 0 Å². The highest BCUT2D eigenvalue weighted by Gasteiger charge is 2.64. The maximum Gasteiger partial charge on any atom is 0.432 e. The molecule has 1 rings (SSSR count). The first-order valence-electron chi connectivity index (χ1n) is 7.64. The molecule has 0 aromatic heterocycles. The van der Waals surface area contributed by atoms with Gasteiger partial charge < -0.3 is 9.47 Å². The Kier molecular flexibility index (Phi) is 7.06. The molecule has 0 unspecified atom stereocenters. The molecule has 0 radical (unpaired) electrons. The third kappa shape index (κ3) is 4.47. The molecule has 3 nitrogen and oxygen atoms in total. The van der Waals surface area contributed by atoms with E-state index in [1.54, 1.807) is 6.07 Å². The van der Waals surface area contributed by atoms with E-state index in [1.165, 1.54) is 24.3 Å². The Bertz CT molecular complexity index is 488. The van der Waals surface area contributed by atoms with Gasteiger partial charge in [0, 0.05) is 12.7 Å². The van der Waals surface area contributed by atoms with Crippen molar-refractivity contribution in [1.29, 1.82) is 0 Å². The molecular formula is C17H23F3O3. The van der Waals surface area contributed by atoms with Crippen LogP contribution in [0.3, 0.4) is 0 Å². The number of hydrogen-bond acceptors (Lipinski definition) is 3. The van der Waals surface area contributed by atoms with Crippen LogP contribution in [0.1, 0.15) is 38.7 Å². The van der Waals surface area contributed by atoms with Crippen LogP contribution in [0.5, 0.6) is 0 Å². The molecule has 0 aliphatic heterocycles. The van der Waals surface area contributed by atoms with Gasteiger partial charge in [-0.1, -0.05) is 50.6 Å². The first-order valence-corrected chi connectivity index (χ1v) is 7.64. The molecule has 0 saturated heterocycles. The minimum Gasteiger partial charge on any atom is -0.463 e.